The van der Waals surface area contributed by atoms with Gasteiger partial charge in [-0.15, -0.1) is 0 Å². The zero-order chi connectivity index (χ0) is 15.2. The van der Waals surface area contributed by atoms with E-state index in [2.05, 4.69) is 5.32 Å². The van der Waals surface area contributed by atoms with Crippen molar-refractivity contribution in [2.24, 2.45) is 0 Å². The molecule has 0 aliphatic rings. The highest BCUT2D eigenvalue weighted by atomic mass is 16.5. The van der Waals surface area contributed by atoms with Gasteiger partial charge in [0, 0.05) is 5.69 Å². The lowest BCUT2D eigenvalue weighted by Crippen LogP contribution is -2.20. The molecule has 0 unspecified atom stereocenters. The van der Waals surface area contributed by atoms with Crippen LogP contribution < -0.4 is 10.1 Å². The van der Waals surface area contributed by atoms with Crippen LogP contribution in [0.1, 0.15) is 16.7 Å². The fourth-order valence-electron chi connectivity index (χ4n) is 1.85. The van der Waals surface area contributed by atoms with Gasteiger partial charge in [-0.2, -0.15) is 5.26 Å². The van der Waals surface area contributed by atoms with Gasteiger partial charge < -0.3 is 10.1 Å². The lowest BCUT2D eigenvalue weighted by Gasteiger charge is -2.11. The van der Waals surface area contributed by atoms with Gasteiger partial charge in [0.15, 0.2) is 6.61 Å². The second kappa shape index (κ2) is 6.58. The van der Waals surface area contributed by atoms with E-state index in [0.29, 0.717) is 11.3 Å². The number of nitrogens with zero attached hydrogens (tertiary/aromatic N) is 1. The van der Waals surface area contributed by atoms with Gasteiger partial charge in [0.25, 0.3) is 5.91 Å². The summed E-state index contributed by atoms with van der Waals surface area (Å²) in [5, 5.41) is 11.5. The average Bonchev–Trinajstić information content (AvgIpc) is 2.50. The predicted molar refractivity (Wildman–Crippen MR) is 81.2 cm³/mol. The van der Waals surface area contributed by atoms with Crippen molar-refractivity contribution in [2.75, 3.05) is 11.9 Å². The van der Waals surface area contributed by atoms with Crippen LogP contribution in [0.5, 0.6) is 5.75 Å². The van der Waals surface area contributed by atoms with Crippen LogP contribution in [0.4, 0.5) is 5.69 Å². The maximum Gasteiger partial charge on any atom is 0.262 e. The standard InChI is InChI=1S/C17H16N2O2/c1-12-4-3-5-16(13(12)2)19-17(20)11-21-15-8-6-14(10-18)7-9-15/h3-9H,11H2,1-2H3,(H,19,20). The fraction of sp³-hybridized carbons (Fsp3) is 0.176. The maximum atomic E-state index is 11.9. The van der Waals surface area contributed by atoms with E-state index in [0.717, 1.165) is 16.8 Å². The average molecular weight is 280 g/mol. The Kier molecular flexibility index (Phi) is 4.57. The van der Waals surface area contributed by atoms with Crippen LogP contribution in [0.3, 0.4) is 0 Å². The Morgan fingerprint density at radius 3 is 2.57 bits per heavy atom. The topological polar surface area (TPSA) is 62.1 Å². The quantitative estimate of drug-likeness (QED) is 0.935. The molecule has 0 atom stereocenters. The fourth-order valence-corrected chi connectivity index (χ4v) is 1.85. The van der Waals surface area contributed by atoms with Crippen LogP contribution in [-0.4, -0.2) is 12.5 Å². The van der Waals surface area contributed by atoms with Crippen LogP contribution in [0.2, 0.25) is 0 Å². The minimum absolute atomic E-state index is 0.0702. The molecule has 2 rings (SSSR count). The molecule has 1 N–H and O–H groups in total. The molecule has 0 aliphatic carbocycles. The van der Waals surface area contributed by atoms with Crippen molar-refractivity contribution in [2.45, 2.75) is 13.8 Å². The van der Waals surface area contributed by atoms with Gasteiger partial charge in [-0.25, -0.2) is 0 Å². The number of anilines is 1. The number of benzene rings is 2. The van der Waals surface area contributed by atoms with E-state index >= 15 is 0 Å². The normalized spacial score (nSPS) is 9.76. The molecular weight excluding hydrogens is 264 g/mol. The summed E-state index contributed by atoms with van der Waals surface area (Å²) in [6, 6.07) is 14.4. The third kappa shape index (κ3) is 3.83. The summed E-state index contributed by atoms with van der Waals surface area (Å²) in [7, 11) is 0. The molecule has 0 fully saturated rings. The van der Waals surface area contributed by atoms with Crippen LogP contribution in [0.25, 0.3) is 0 Å². The van der Waals surface area contributed by atoms with Crippen molar-refractivity contribution in [1.82, 2.24) is 0 Å². The summed E-state index contributed by atoms with van der Waals surface area (Å²) >= 11 is 0. The molecule has 106 valence electrons. The van der Waals surface area contributed by atoms with E-state index in [9.17, 15) is 4.79 Å². The highest BCUT2D eigenvalue weighted by molar-refractivity contribution is 5.92. The second-order valence-electron chi connectivity index (χ2n) is 4.72. The first-order valence-corrected chi connectivity index (χ1v) is 6.59. The summed E-state index contributed by atoms with van der Waals surface area (Å²) in [6.45, 7) is 3.89. The zero-order valence-corrected chi connectivity index (χ0v) is 12.0. The molecule has 4 nitrogen and oxygen atoms in total. The molecule has 1 amide bonds. The van der Waals surface area contributed by atoms with Gasteiger partial charge in [0.05, 0.1) is 11.6 Å². The molecule has 0 heterocycles. The number of amides is 1. The number of nitriles is 1. The molecule has 0 saturated carbocycles. The summed E-state index contributed by atoms with van der Waals surface area (Å²) in [5.74, 6) is 0.346. The second-order valence-corrected chi connectivity index (χ2v) is 4.72. The Morgan fingerprint density at radius 1 is 1.19 bits per heavy atom. The van der Waals surface area contributed by atoms with E-state index in [-0.39, 0.29) is 12.5 Å². The van der Waals surface area contributed by atoms with Gasteiger partial charge in [0.2, 0.25) is 0 Å². The van der Waals surface area contributed by atoms with E-state index in [4.69, 9.17) is 10.00 Å². The molecule has 2 aromatic carbocycles. The van der Waals surface area contributed by atoms with Gasteiger partial charge in [-0.1, -0.05) is 12.1 Å². The molecule has 4 heteroatoms. The number of aryl methyl sites for hydroxylation is 1. The SMILES string of the molecule is Cc1cccc(NC(=O)COc2ccc(C#N)cc2)c1C. The zero-order valence-electron chi connectivity index (χ0n) is 12.0. The summed E-state index contributed by atoms with van der Waals surface area (Å²) in [6.07, 6.45) is 0. The number of hydrogen-bond acceptors (Lipinski definition) is 3. The van der Waals surface area contributed by atoms with Crippen LogP contribution in [-0.2, 0) is 4.79 Å². The Hall–Kier alpha value is -2.80. The van der Waals surface area contributed by atoms with Gasteiger partial charge >= 0.3 is 0 Å². The maximum absolute atomic E-state index is 11.9. The smallest absolute Gasteiger partial charge is 0.262 e. The number of carbonyl (C=O) groups excluding carboxylic acids is 1. The monoisotopic (exact) mass is 280 g/mol. The Morgan fingerprint density at radius 2 is 1.90 bits per heavy atom. The van der Waals surface area contributed by atoms with Crippen molar-refractivity contribution in [1.29, 1.82) is 5.26 Å². The minimum atomic E-state index is -0.215. The van der Waals surface area contributed by atoms with E-state index < -0.39 is 0 Å². The summed E-state index contributed by atoms with van der Waals surface area (Å²) < 4.78 is 5.39. The molecule has 0 aliphatic heterocycles. The number of rotatable bonds is 4. The van der Waals surface area contributed by atoms with Crippen molar-refractivity contribution in [3.05, 3.63) is 59.2 Å². The molecule has 0 bridgehead atoms. The van der Waals surface area contributed by atoms with Crippen molar-refractivity contribution in [3.8, 4) is 11.8 Å². The third-order valence-electron chi connectivity index (χ3n) is 3.23. The molecule has 0 aromatic heterocycles. The predicted octanol–water partition coefficient (Wildman–Crippen LogP) is 3.19. The van der Waals surface area contributed by atoms with E-state index in [1.807, 2.05) is 38.1 Å². The lowest BCUT2D eigenvalue weighted by molar-refractivity contribution is -0.118. The highest BCUT2D eigenvalue weighted by Gasteiger charge is 2.06. The van der Waals surface area contributed by atoms with E-state index in [1.54, 1.807) is 24.3 Å². The van der Waals surface area contributed by atoms with E-state index in [1.165, 1.54) is 0 Å². The van der Waals surface area contributed by atoms with Crippen LogP contribution in [0.15, 0.2) is 42.5 Å². The first-order valence-electron chi connectivity index (χ1n) is 6.59. The molecule has 0 radical (unpaired) electrons. The number of ether oxygens (including phenoxy) is 1. The van der Waals surface area contributed by atoms with Crippen molar-refractivity contribution < 1.29 is 9.53 Å². The molecule has 21 heavy (non-hydrogen) atoms. The van der Waals surface area contributed by atoms with Crippen LogP contribution in [0, 0.1) is 25.2 Å². The Balaban J connectivity index is 1.93. The first-order chi connectivity index (χ1) is 10.1. The number of carbonyl (C=O) groups is 1. The van der Waals surface area contributed by atoms with Crippen molar-refractivity contribution >= 4 is 11.6 Å². The lowest BCUT2D eigenvalue weighted by atomic mass is 10.1. The summed E-state index contributed by atoms with van der Waals surface area (Å²) in [4.78, 5) is 11.9. The molecule has 0 saturated heterocycles. The first kappa shape index (κ1) is 14.6. The largest absolute Gasteiger partial charge is 0.484 e. The molecular formula is C17H16N2O2. The van der Waals surface area contributed by atoms with Crippen LogP contribution >= 0.6 is 0 Å². The molecule has 0 spiro atoms. The minimum Gasteiger partial charge on any atom is -0.484 e. The van der Waals surface area contributed by atoms with Gasteiger partial charge in [0.1, 0.15) is 5.75 Å². The molecule has 2 aromatic rings. The highest BCUT2D eigenvalue weighted by Crippen LogP contribution is 2.18. The van der Waals surface area contributed by atoms with Gasteiger partial charge in [-0.3, -0.25) is 4.79 Å². The summed E-state index contributed by atoms with van der Waals surface area (Å²) in [5.41, 5.74) is 3.52. The Labute approximate surface area is 124 Å². The Bertz CT molecular complexity index is 685. The van der Waals surface area contributed by atoms with Gasteiger partial charge in [-0.05, 0) is 55.3 Å². The van der Waals surface area contributed by atoms with Crippen molar-refractivity contribution in [3.63, 3.8) is 0 Å². The third-order valence-corrected chi connectivity index (χ3v) is 3.23. The number of hydrogen-bond donors (Lipinski definition) is 1. The number of nitrogens with one attached hydrogen (secondary N) is 1.